The molecule has 1 aromatic carbocycles. The maximum Gasteiger partial charge on any atom is 0.432 e. The minimum Gasteiger partial charge on any atom is -0.438 e. The van der Waals surface area contributed by atoms with Crippen molar-refractivity contribution in [2.24, 2.45) is 0 Å². The molecule has 1 aliphatic rings. The van der Waals surface area contributed by atoms with Gasteiger partial charge in [-0.3, -0.25) is 4.79 Å². The number of hydrazine groups is 1. The van der Waals surface area contributed by atoms with Crippen LogP contribution in [0.25, 0.3) is 0 Å². The predicted octanol–water partition coefficient (Wildman–Crippen LogP) is 3.13. The largest absolute Gasteiger partial charge is 0.438 e. The van der Waals surface area contributed by atoms with E-state index in [1.165, 1.54) is 0 Å². The fourth-order valence-corrected chi connectivity index (χ4v) is 2.74. The second kappa shape index (κ2) is 6.26. The quantitative estimate of drug-likeness (QED) is 0.858. The van der Waals surface area contributed by atoms with Gasteiger partial charge in [-0.05, 0) is 26.3 Å². The maximum atomic E-state index is 12.3. The molecule has 5 heteroatoms. The minimum atomic E-state index is -0.595. The van der Waals surface area contributed by atoms with Gasteiger partial charge in [0.1, 0.15) is 6.10 Å². The molecule has 0 aliphatic carbocycles. The van der Waals surface area contributed by atoms with Crippen molar-refractivity contribution < 1.29 is 14.3 Å². The van der Waals surface area contributed by atoms with Crippen LogP contribution in [0.2, 0.25) is 0 Å². The summed E-state index contributed by atoms with van der Waals surface area (Å²) in [6.45, 7) is 7.64. The SMILES string of the molecule is CCC(=O)N1C(=O)O[C@@H](c2ccccc2)[C@@H](C)N1C(C)C. The second-order valence-corrected chi connectivity index (χ2v) is 5.49. The molecule has 2 atom stereocenters. The van der Waals surface area contributed by atoms with E-state index >= 15 is 0 Å². The highest BCUT2D eigenvalue weighted by atomic mass is 16.6. The highest BCUT2D eigenvalue weighted by molar-refractivity contribution is 5.91. The number of imide groups is 1. The van der Waals surface area contributed by atoms with Gasteiger partial charge in [-0.15, -0.1) is 0 Å². The summed E-state index contributed by atoms with van der Waals surface area (Å²) < 4.78 is 5.53. The third kappa shape index (κ3) is 2.93. The Labute approximate surface area is 125 Å². The number of carbonyl (C=O) groups excluding carboxylic acids is 2. The zero-order valence-corrected chi connectivity index (χ0v) is 12.9. The molecule has 2 amide bonds. The van der Waals surface area contributed by atoms with E-state index in [1.54, 1.807) is 6.92 Å². The van der Waals surface area contributed by atoms with Crippen LogP contribution in [0, 0.1) is 0 Å². The highest BCUT2D eigenvalue weighted by Crippen LogP contribution is 2.33. The van der Waals surface area contributed by atoms with Gasteiger partial charge in [0.15, 0.2) is 0 Å². The Kier molecular flexibility index (Phi) is 4.63. The van der Waals surface area contributed by atoms with Crippen molar-refractivity contribution in [1.29, 1.82) is 0 Å². The van der Waals surface area contributed by atoms with E-state index in [9.17, 15) is 9.59 Å². The molecule has 1 aliphatic heterocycles. The molecular formula is C16H22N2O3. The Hall–Kier alpha value is -1.88. The number of nitrogens with zero attached hydrogens (tertiary/aromatic N) is 2. The van der Waals surface area contributed by atoms with Crippen LogP contribution in [0.1, 0.15) is 45.8 Å². The zero-order valence-electron chi connectivity index (χ0n) is 12.9. The molecule has 0 radical (unpaired) electrons. The normalized spacial score (nSPS) is 23.3. The van der Waals surface area contributed by atoms with Crippen molar-refractivity contribution in [2.45, 2.75) is 52.3 Å². The first-order valence-corrected chi connectivity index (χ1v) is 7.34. The Morgan fingerprint density at radius 1 is 1.29 bits per heavy atom. The summed E-state index contributed by atoms with van der Waals surface area (Å²) in [6.07, 6.45) is -0.703. The lowest BCUT2D eigenvalue weighted by atomic mass is 10.0. The number of benzene rings is 1. The minimum absolute atomic E-state index is 0.0227. The topological polar surface area (TPSA) is 49.9 Å². The summed E-state index contributed by atoms with van der Waals surface area (Å²) in [4.78, 5) is 24.3. The highest BCUT2D eigenvalue weighted by Gasteiger charge is 2.44. The van der Waals surface area contributed by atoms with Gasteiger partial charge in [-0.2, -0.15) is 10.0 Å². The third-order valence-corrected chi connectivity index (χ3v) is 3.68. The predicted molar refractivity (Wildman–Crippen MR) is 79.2 cm³/mol. The monoisotopic (exact) mass is 290 g/mol. The van der Waals surface area contributed by atoms with Crippen molar-refractivity contribution >= 4 is 12.0 Å². The number of amides is 2. The first-order chi connectivity index (χ1) is 9.97. The van der Waals surface area contributed by atoms with Crippen LogP contribution in [0.15, 0.2) is 30.3 Å². The fraction of sp³-hybridized carbons (Fsp3) is 0.500. The van der Waals surface area contributed by atoms with Crippen molar-refractivity contribution in [1.82, 2.24) is 10.0 Å². The summed E-state index contributed by atoms with van der Waals surface area (Å²) in [5, 5.41) is 2.96. The summed E-state index contributed by atoms with van der Waals surface area (Å²) in [5.41, 5.74) is 0.938. The molecule has 0 N–H and O–H groups in total. The molecule has 0 aromatic heterocycles. The van der Waals surface area contributed by atoms with E-state index in [0.717, 1.165) is 10.6 Å². The molecular weight excluding hydrogens is 268 g/mol. The van der Waals surface area contributed by atoms with Crippen LogP contribution in [0.5, 0.6) is 0 Å². The van der Waals surface area contributed by atoms with Crippen LogP contribution < -0.4 is 0 Å². The Morgan fingerprint density at radius 3 is 2.43 bits per heavy atom. The molecule has 1 aromatic rings. The van der Waals surface area contributed by atoms with E-state index in [-0.39, 0.29) is 30.5 Å². The van der Waals surface area contributed by atoms with Gasteiger partial charge in [0, 0.05) is 12.5 Å². The van der Waals surface area contributed by atoms with E-state index in [2.05, 4.69) is 0 Å². The summed E-state index contributed by atoms with van der Waals surface area (Å²) >= 11 is 0. The average molecular weight is 290 g/mol. The smallest absolute Gasteiger partial charge is 0.432 e. The van der Waals surface area contributed by atoms with Crippen molar-refractivity contribution in [3.63, 3.8) is 0 Å². The molecule has 5 nitrogen and oxygen atoms in total. The molecule has 2 rings (SSSR count). The van der Waals surface area contributed by atoms with E-state index < -0.39 is 6.09 Å². The lowest BCUT2D eigenvalue weighted by molar-refractivity contribution is -0.174. The number of cyclic esters (lactones) is 1. The van der Waals surface area contributed by atoms with Crippen LogP contribution >= 0.6 is 0 Å². The summed E-state index contributed by atoms with van der Waals surface area (Å²) in [7, 11) is 0. The van der Waals surface area contributed by atoms with E-state index in [4.69, 9.17) is 4.74 Å². The first-order valence-electron chi connectivity index (χ1n) is 7.34. The fourth-order valence-electron chi connectivity index (χ4n) is 2.74. The first kappa shape index (κ1) is 15.5. The van der Waals surface area contributed by atoms with Crippen LogP contribution in [0.3, 0.4) is 0 Å². The van der Waals surface area contributed by atoms with Crippen LogP contribution in [-0.4, -0.2) is 34.1 Å². The van der Waals surface area contributed by atoms with Crippen molar-refractivity contribution in [3.05, 3.63) is 35.9 Å². The summed E-state index contributed by atoms with van der Waals surface area (Å²) in [5.74, 6) is -0.243. The molecule has 0 spiro atoms. The number of hydrogen-bond donors (Lipinski definition) is 0. The van der Waals surface area contributed by atoms with E-state index in [0.29, 0.717) is 0 Å². The van der Waals surface area contributed by atoms with Gasteiger partial charge in [0.2, 0.25) is 5.91 Å². The third-order valence-electron chi connectivity index (χ3n) is 3.68. The Bertz CT molecular complexity index is 516. The molecule has 114 valence electrons. The van der Waals surface area contributed by atoms with E-state index in [1.807, 2.05) is 56.1 Å². The lowest BCUT2D eigenvalue weighted by Crippen LogP contribution is -2.62. The van der Waals surface area contributed by atoms with Gasteiger partial charge in [-0.1, -0.05) is 37.3 Å². The molecule has 0 bridgehead atoms. The Morgan fingerprint density at radius 2 is 1.90 bits per heavy atom. The average Bonchev–Trinajstić information content (AvgIpc) is 2.48. The maximum absolute atomic E-state index is 12.3. The summed E-state index contributed by atoms with van der Waals surface area (Å²) in [6, 6.07) is 9.54. The van der Waals surface area contributed by atoms with Gasteiger partial charge in [-0.25, -0.2) is 4.79 Å². The van der Waals surface area contributed by atoms with Crippen LogP contribution in [0.4, 0.5) is 4.79 Å². The number of rotatable bonds is 3. The van der Waals surface area contributed by atoms with Gasteiger partial charge >= 0.3 is 6.09 Å². The van der Waals surface area contributed by atoms with Gasteiger partial charge in [0.25, 0.3) is 0 Å². The molecule has 0 saturated carbocycles. The molecule has 21 heavy (non-hydrogen) atoms. The number of carbonyl (C=O) groups is 2. The van der Waals surface area contributed by atoms with Crippen molar-refractivity contribution in [3.8, 4) is 0 Å². The number of hydrogen-bond acceptors (Lipinski definition) is 4. The van der Waals surface area contributed by atoms with Crippen LogP contribution in [-0.2, 0) is 9.53 Å². The Balaban J connectivity index is 2.36. The molecule has 1 heterocycles. The molecule has 1 saturated heterocycles. The standard InChI is InChI=1S/C16H22N2O3/c1-5-14(19)18-16(20)21-15(12(4)17(18)11(2)3)13-9-7-6-8-10-13/h6-12,15H,5H2,1-4H3/t12-,15-/m1/s1. The van der Waals surface area contributed by atoms with Gasteiger partial charge < -0.3 is 4.74 Å². The number of ether oxygens (including phenoxy) is 1. The second-order valence-electron chi connectivity index (χ2n) is 5.49. The lowest BCUT2D eigenvalue weighted by Gasteiger charge is -2.46. The van der Waals surface area contributed by atoms with Crippen molar-refractivity contribution in [2.75, 3.05) is 0 Å². The van der Waals surface area contributed by atoms with Gasteiger partial charge in [0.05, 0.1) is 6.04 Å². The zero-order chi connectivity index (χ0) is 15.6. The molecule has 1 fully saturated rings. The molecule has 0 unspecified atom stereocenters.